The van der Waals surface area contributed by atoms with Crippen LogP contribution >= 0.6 is 11.8 Å². The topological polar surface area (TPSA) is 96.0 Å². The number of nitrogens with zero attached hydrogens (tertiary/aromatic N) is 3. The molecule has 27 heavy (non-hydrogen) atoms. The van der Waals surface area contributed by atoms with E-state index in [9.17, 15) is 20.0 Å². The van der Waals surface area contributed by atoms with Gasteiger partial charge in [-0.05, 0) is 55.4 Å². The maximum atomic E-state index is 12.7. The zero-order valence-corrected chi connectivity index (χ0v) is 15.6. The van der Waals surface area contributed by atoms with Crippen LogP contribution in [-0.2, 0) is 4.79 Å². The van der Waals surface area contributed by atoms with Gasteiger partial charge in [0.1, 0.15) is 11.4 Å². The Morgan fingerprint density at radius 1 is 1.30 bits per heavy atom. The van der Waals surface area contributed by atoms with Gasteiger partial charge in [-0.15, -0.1) is 0 Å². The number of amidine groups is 1. The van der Waals surface area contributed by atoms with Gasteiger partial charge < -0.3 is 5.11 Å². The van der Waals surface area contributed by atoms with Crippen LogP contribution in [0.3, 0.4) is 0 Å². The largest absolute Gasteiger partial charge is 0.506 e. The molecule has 0 bridgehead atoms. The van der Waals surface area contributed by atoms with Crippen LogP contribution in [0.1, 0.15) is 18.1 Å². The van der Waals surface area contributed by atoms with E-state index in [4.69, 9.17) is 0 Å². The van der Waals surface area contributed by atoms with Gasteiger partial charge in [0.2, 0.25) is 0 Å². The minimum Gasteiger partial charge on any atom is -0.506 e. The highest BCUT2D eigenvalue weighted by molar-refractivity contribution is 8.18. The van der Waals surface area contributed by atoms with Crippen molar-refractivity contribution < 1.29 is 14.8 Å². The number of aliphatic imine (C=N–C) groups is 1. The van der Waals surface area contributed by atoms with Crippen molar-refractivity contribution >= 4 is 40.3 Å². The molecule has 0 aromatic heterocycles. The molecule has 138 valence electrons. The molecule has 1 N–H and O–H groups in total. The van der Waals surface area contributed by atoms with Crippen molar-refractivity contribution in [3.8, 4) is 5.75 Å². The van der Waals surface area contributed by atoms with E-state index in [0.29, 0.717) is 27.9 Å². The summed E-state index contributed by atoms with van der Waals surface area (Å²) in [5.74, 6) is -0.242. The summed E-state index contributed by atoms with van der Waals surface area (Å²) in [6, 6.07) is 11.3. The summed E-state index contributed by atoms with van der Waals surface area (Å²) in [4.78, 5) is 29.6. The van der Waals surface area contributed by atoms with Gasteiger partial charge in [0.25, 0.3) is 11.6 Å². The van der Waals surface area contributed by atoms with Crippen molar-refractivity contribution in [2.24, 2.45) is 4.99 Å². The van der Waals surface area contributed by atoms with Gasteiger partial charge in [-0.1, -0.05) is 18.2 Å². The lowest BCUT2D eigenvalue weighted by atomic mass is 10.1. The second kappa shape index (κ2) is 7.63. The van der Waals surface area contributed by atoms with Crippen LogP contribution in [0.15, 0.2) is 52.4 Å². The van der Waals surface area contributed by atoms with Crippen LogP contribution in [0.4, 0.5) is 11.4 Å². The second-order valence-electron chi connectivity index (χ2n) is 5.86. The summed E-state index contributed by atoms with van der Waals surface area (Å²) in [6.07, 6.45) is 1.51. The molecular formula is C19H17N3O4S. The van der Waals surface area contributed by atoms with E-state index in [2.05, 4.69) is 4.99 Å². The third kappa shape index (κ3) is 3.85. The predicted octanol–water partition coefficient (Wildman–Crippen LogP) is 4.23. The first kappa shape index (κ1) is 18.7. The molecule has 0 radical (unpaired) electrons. The Hall–Kier alpha value is -3.13. The van der Waals surface area contributed by atoms with Gasteiger partial charge in [0.15, 0.2) is 5.17 Å². The summed E-state index contributed by atoms with van der Waals surface area (Å²) in [6.45, 7) is 4.07. The molecule has 0 saturated carbocycles. The number of benzene rings is 2. The van der Waals surface area contributed by atoms with Crippen molar-refractivity contribution in [1.29, 1.82) is 0 Å². The summed E-state index contributed by atoms with van der Waals surface area (Å²) >= 11 is 1.13. The number of amides is 1. The number of likely N-dealkylation sites (N-methyl/N-ethyl adjacent to an activating group) is 1. The van der Waals surface area contributed by atoms with Crippen LogP contribution in [0, 0.1) is 17.0 Å². The number of para-hydroxylation sites is 1. The lowest BCUT2D eigenvalue weighted by molar-refractivity contribution is -0.385. The summed E-state index contributed by atoms with van der Waals surface area (Å²) < 4.78 is 0. The van der Waals surface area contributed by atoms with Gasteiger partial charge in [0, 0.05) is 12.6 Å². The third-order valence-electron chi connectivity index (χ3n) is 3.97. The fourth-order valence-corrected chi connectivity index (χ4v) is 3.66. The fraction of sp³-hybridized carbons (Fsp3) is 0.158. The molecule has 1 heterocycles. The molecule has 0 aliphatic carbocycles. The molecule has 0 unspecified atom stereocenters. The van der Waals surface area contributed by atoms with E-state index in [-0.39, 0.29) is 17.3 Å². The molecule has 0 spiro atoms. The number of hydrogen-bond acceptors (Lipinski definition) is 6. The molecule has 1 fully saturated rings. The van der Waals surface area contributed by atoms with Crippen molar-refractivity contribution in [3.63, 3.8) is 0 Å². The van der Waals surface area contributed by atoms with Crippen LogP contribution in [0.25, 0.3) is 6.08 Å². The molecule has 1 amide bonds. The highest BCUT2D eigenvalue weighted by Gasteiger charge is 2.33. The summed E-state index contributed by atoms with van der Waals surface area (Å²) in [5, 5.41) is 21.7. The van der Waals surface area contributed by atoms with Gasteiger partial charge in [-0.25, -0.2) is 4.99 Å². The molecule has 3 rings (SSSR count). The summed E-state index contributed by atoms with van der Waals surface area (Å²) in [5.41, 5.74) is 1.55. The van der Waals surface area contributed by atoms with Crippen molar-refractivity contribution in [3.05, 3.63) is 68.6 Å². The number of aromatic hydroxyl groups is 1. The minimum absolute atomic E-state index is 0.0303. The molecule has 8 heteroatoms. The Labute approximate surface area is 160 Å². The number of carbonyl (C=O) groups is 1. The quantitative estimate of drug-likeness (QED) is 0.484. The number of rotatable bonds is 4. The number of hydrogen-bond donors (Lipinski definition) is 1. The first-order chi connectivity index (χ1) is 12.9. The lowest BCUT2D eigenvalue weighted by Gasteiger charge is -2.12. The number of carbonyl (C=O) groups excluding carboxylic acids is 1. The van der Waals surface area contributed by atoms with Crippen molar-refractivity contribution in [2.45, 2.75) is 13.8 Å². The molecule has 2 aromatic carbocycles. The first-order valence-corrected chi connectivity index (χ1v) is 9.05. The van der Waals surface area contributed by atoms with Crippen molar-refractivity contribution in [1.82, 2.24) is 4.90 Å². The van der Waals surface area contributed by atoms with Gasteiger partial charge in [-0.2, -0.15) is 0 Å². The van der Waals surface area contributed by atoms with Crippen LogP contribution < -0.4 is 0 Å². The van der Waals surface area contributed by atoms with Gasteiger partial charge in [-0.3, -0.25) is 19.8 Å². The number of phenols is 1. The van der Waals surface area contributed by atoms with E-state index >= 15 is 0 Å². The Morgan fingerprint density at radius 3 is 2.70 bits per heavy atom. The molecule has 1 saturated heterocycles. The van der Waals surface area contributed by atoms with Gasteiger partial charge in [0.05, 0.1) is 15.4 Å². The van der Waals surface area contributed by atoms with Crippen LogP contribution in [-0.4, -0.2) is 32.5 Å². The maximum Gasteiger partial charge on any atom is 0.276 e. The van der Waals surface area contributed by atoms with E-state index in [1.807, 2.05) is 19.9 Å². The Bertz CT molecular complexity index is 985. The minimum atomic E-state index is -0.479. The zero-order valence-electron chi connectivity index (χ0n) is 14.7. The van der Waals surface area contributed by atoms with E-state index < -0.39 is 4.92 Å². The number of aryl methyl sites for hydroxylation is 1. The van der Waals surface area contributed by atoms with E-state index in [1.165, 1.54) is 17.0 Å². The van der Waals surface area contributed by atoms with E-state index in [0.717, 1.165) is 17.3 Å². The molecular weight excluding hydrogens is 366 g/mol. The first-order valence-electron chi connectivity index (χ1n) is 8.24. The normalized spacial score (nSPS) is 17.1. The zero-order chi connectivity index (χ0) is 19.6. The SMILES string of the molecule is CCN1C(=O)/C(=C/c2ccccc2[N+](=O)[O-])SC1=Nc1ccc(C)cc1O. The van der Waals surface area contributed by atoms with E-state index in [1.54, 1.807) is 30.3 Å². The molecule has 1 aliphatic rings. The number of nitro benzene ring substituents is 1. The third-order valence-corrected chi connectivity index (χ3v) is 4.98. The maximum absolute atomic E-state index is 12.7. The van der Waals surface area contributed by atoms with Crippen LogP contribution in [0.2, 0.25) is 0 Å². The second-order valence-corrected chi connectivity index (χ2v) is 6.87. The average Bonchev–Trinajstić information content (AvgIpc) is 2.92. The fourth-order valence-electron chi connectivity index (χ4n) is 2.62. The summed E-state index contributed by atoms with van der Waals surface area (Å²) in [7, 11) is 0. The standard InChI is InChI=1S/C19H17N3O4S/c1-3-21-18(24)17(11-13-6-4-5-7-15(13)22(25)26)27-19(21)20-14-9-8-12(2)10-16(14)23/h4-11,23H,3H2,1-2H3/b17-11-,20-19?. The lowest BCUT2D eigenvalue weighted by Crippen LogP contribution is -2.28. The highest BCUT2D eigenvalue weighted by Crippen LogP contribution is 2.37. The average molecular weight is 383 g/mol. The molecule has 1 aliphatic heterocycles. The number of thioether (sulfide) groups is 1. The molecule has 0 atom stereocenters. The Balaban J connectivity index is 2.00. The molecule has 2 aromatic rings. The number of nitro groups is 1. The van der Waals surface area contributed by atoms with Gasteiger partial charge >= 0.3 is 0 Å². The Kier molecular flexibility index (Phi) is 5.27. The monoisotopic (exact) mass is 383 g/mol. The molecule has 7 nitrogen and oxygen atoms in total. The smallest absolute Gasteiger partial charge is 0.276 e. The predicted molar refractivity (Wildman–Crippen MR) is 106 cm³/mol. The Morgan fingerprint density at radius 2 is 2.04 bits per heavy atom. The van der Waals surface area contributed by atoms with Crippen molar-refractivity contribution in [2.75, 3.05) is 6.54 Å². The number of phenolic OH excluding ortho intramolecular Hbond substituents is 1. The highest BCUT2D eigenvalue weighted by atomic mass is 32.2. The van der Waals surface area contributed by atoms with Crippen LogP contribution in [0.5, 0.6) is 5.75 Å².